The molecule has 3 aromatic carbocycles. The molecule has 164 valence electrons. The van der Waals surface area contributed by atoms with Gasteiger partial charge in [-0.2, -0.15) is 0 Å². The number of carbonyl (C=O) groups excluding carboxylic acids is 2. The molecule has 0 aliphatic rings. The van der Waals surface area contributed by atoms with Crippen molar-refractivity contribution in [2.24, 2.45) is 0 Å². The molecule has 0 atom stereocenters. The van der Waals surface area contributed by atoms with Gasteiger partial charge in [0.05, 0.1) is 12.7 Å². The fraction of sp³-hybridized carbons (Fsp3) is 0.214. The van der Waals surface area contributed by atoms with E-state index in [4.69, 9.17) is 9.47 Å². The van der Waals surface area contributed by atoms with Crippen molar-refractivity contribution in [3.05, 3.63) is 107 Å². The first-order chi connectivity index (χ1) is 15.3. The molecule has 3 rings (SSSR count). The average Bonchev–Trinajstić information content (AvgIpc) is 2.81. The predicted molar refractivity (Wildman–Crippen MR) is 127 cm³/mol. The van der Waals surface area contributed by atoms with Crippen molar-refractivity contribution in [1.82, 2.24) is 0 Å². The van der Waals surface area contributed by atoms with Crippen LogP contribution in [0.3, 0.4) is 0 Å². The van der Waals surface area contributed by atoms with Crippen LogP contribution in [0.25, 0.3) is 6.08 Å². The number of rotatable bonds is 7. The van der Waals surface area contributed by atoms with Crippen molar-refractivity contribution >= 4 is 17.8 Å². The van der Waals surface area contributed by atoms with E-state index in [0.29, 0.717) is 23.5 Å². The fourth-order valence-corrected chi connectivity index (χ4v) is 3.16. The third-order valence-electron chi connectivity index (χ3n) is 5.14. The molecule has 32 heavy (non-hydrogen) atoms. The van der Waals surface area contributed by atoms with E-state index in [-0.39, 0.29) is 17.2 Å². The van der Waals surface area contributed by atoms with E-state index < -0.39 is 0 Å². The maximum Gasteiger partial charge on any atom is 0.337 e. The molecule has 0 radical (unpaired) electrons. The molecule has 0 amide bonds. The Balaban J connectivity index is 1.67. The summed E-state index contributed by atoms with van der Waals surface area (Å²) >= 11 is 0. The summed E-state index contributed by atoms with van der Waals surface area (Å²) in [6, 6.07) is 22.4. The molecule has 0 aliphatic carbocycles. The van der Waals surface area contributed by atoms with Crippen LogP contribution < -0.4 is 4.74 Å². The summed E-state index contributed by atoms with van der Waals surface area (Å²) in [4.78, 5) is 24.2. The Bertz CT molecular complexity index is 1100. The summed E-state index contributed by atoms with van der Waals surface area (Å²) in [6.07, 6.45) is 3.34. The minimum Gasteiger partial charge on any atom is -0.488 e. The molecule has 0 saturated heterocycles. The largest absolute Gasteiger partial charge is 0.488 e. The van der Waals surface area contributed by atoms with Gasteiger partial charge in [-0.05, 0) is 46.9 Å². The molecule has 0 spiro atoms. The molecule has 0 heterocycles. The lowest BCUT2D eigenvalue weighted by molar-refractivity contribution is 0.0600. The van der Waals surface area contributed by atoms with Crippen LogP contribution in [-0.4, -0.2) is 18.9 Å². The van der Waals surface area contributed by atoms with Gasteiger partial charge in [0.25, 0.3) is 0 Å². The van der Waals surface area contributed by atoms with E-state index in [1.807, 2.05) is 60.7 Å². The second kappa shape index (κ2) is 10.1. The number of carbonyl (C=O) groups is 2. The topological polar surface area (TPSA) is 52.6 Å². The van der Waals surface area contributed by atoms with Crippen LogP contribution in [-0.2, 0) is 16.8 Å². The average molecular weight is 429 g/mol. The SMILES string of the molecule is COC(=O)c1ccc(COc2ccccc2C=CC(=O)c2ccc(C(C)(C)C)cc2)cc1. The fourth-order valence-electron chi connectivity index (χ4n) is 3.16. The summed E-state index contributed by atoms with van der Waals surface area (Å²) in [6.45, 7) is 6.78. The summed E-state index contributed by atoms with van der Waals surface area (Å²) in [5.41, 5.74) is 4.13. The van der Waals surface area contributed by atoms with Gasteiger partial charge in [-0.3, -0.25) is 4.79 Å². The predicted octanol–water partition coefficient (Wildman–Crippen LogP) is 6.25. The van der Waals surface area contributed by atoms with Crippen LogP contribution in [0.15, 0.2) is 78.9 Å². The zero-order valence-electron chi connectivity index (χ0n) is 18.9. The first-order valence-electron chi connectivity index (χ1n) is 10.5. The number of para-hydroxylation sites is 1. The lowest BCUT2D eigenvalue weighted by Crippen LogP contribution is -2.11. The van der Waals surface area contributed by atoms with Crippen LogP contribution in [0.1, 0.15) is 58.2 Å². The van der Waals surface area contributed by atoms with Gasteiger partial charge < -0.3 is 9.47 Å². The number of hydrogen-bond donors (Lipinski definition) is 0. The van der Waals surface area contributed by atoms with Gasteiger partial charge in [0.15, 0.2) is 5.78 Å². The van der Waals surface area contributed by atoms with Gasteiger partial charge >= 0.3 is 5.97 Å². The molecule has 0 bridgehead atoms. The summed E-state index contributed by atoms with van der Waals surface area (Å²) < 4.78 is 10.7. The molecule has 0 aromatic heterocycles. The Morgan fingerprint density at radius 1 is 0.844 bits per heavy atom. The summed E-state index contributed by atoms with van der Waals surface area (Å²) in [5.74, 6) is 0.251. The number of hydrogen-bond acceptors (Lipinski definition) is 4. The van der Waals surface area contributed by atoms with Gasteiger partial charge in [-0.1, -0.05) is 75.4 Å². The smallest absolute Gasteiger partial charge is 0.337 e. The second-order valence-corrected chi connectivity index (χ2v) is 8.54. The molecule has 0 N–H and O–H groups in total. The molecule has 0 fully saturated rings. The third-order valence-corrected chi connectivity index (χ3v) is 5.14. The molecular formula is C28H28O4. The van der Waals surface area contributed by atoms with Crippen molar-refractivity contribution in [3.8, 4) is 5.75 Å². The van der Waals surface area contributed by atoms with E-state index in [1.165, 1.54) is 12.7 Å². The number of ketones is 1. The number of ether oxygens (including phenoxy) is 2. The van der Waals surface area contributed by atoms with Crippen molar-refractivity contribution in [3.63, 3.8) is 0 Å². The molecule has 4 nitrogen and oxygen atoms in total. The van der Waals surface area contributed by atoms with Crippen LogP contribution in [0.5, 0.6) is 5.75 Å². The number of esters is 1. The number of methoxy groups -OCH3 is 1. The normalized spacial score (nSPS) is 11.4. The van der Waals surface area contributed by atoms with Gasteiger partial charge in [-0.25, -0.2) is 4.79 Å². The Morgan fingerprint density at radius 3 is 2.09 bits per heavy atom. The van der Waals surface area contributed by atoms with Crippen molar-refractivity contribution < 1.29 is 19.1 Å². The highest BCUT2D eigenvalue weighted by Crippen LogP contribution is 2.23. The quantitative estimate of drug-likeness (QED) is 0.254. The maximum absolute atomic E-state index is 12.6. The van der Waals surface area contributed by atoms with Crippen LogP contribution in [0.2, 0.25) is 0 Å². The summed E-state index contributed by atoms with van der Waals surface area (Å²) in [5, 5.41) is 0. The highest BCUT2D eigenvalue weighted by molar-refractivity contribution is 6.07. The monoisotopic (exact) mass is 428 g/mol. The molecule has 0 unspecified atom stereocenters. The van der Waals surface area contributed by atoms with E-state index in [9.17, 15) is 9.59 Å². The highest BCUT2D eigenvalue weighted by Gasteiger charge is 2.13. The Morgan fingerprint density at radius 2 is 1.47 bits per heavy atom. The molecule has 4 heteroatoms. The lowest BCUT2D eigenvalue weighted by Gasteiger charge is -2.18. The molecule has 0 aliphatic heterocycles. The van der Waals surface area contributed by atoms with Crippen LogP contribution >= 0.6 is 0 Å². The van der Waals surface area contributed by atoms with Crippen LogP contribution in [0.4, 0.5) is 0 Å². The second-order valence-electron chi connectivity index (χ2n) is 8.54. The van der Waals surface area contributed by atoms with Gasteiger partial charge in [-0.15, -0.1) is 0 Å². The maximum atomic E-state index is 12.6. The number of benzene rings is 3. The lowest BCUT2D eigenvalue weighted by atomic mass is 9.86. The first kappa shape index (κ1) is 23.0. The van der Waals surface area contributed by atoms with E-state index in [2.05, 4.69) is 20.8 Å². The Hall–Kier alpha value is -3.66. The summed E-state index contributed by atoms with van der Waals surface area (Å²) in [7, 11) is 1.36. The molecule has 3 aromatic rings. The van der Waals surface area contributed by atoms with Gasteiger partial charge in [0, 0.05) is 11.1 Å². The zero-order chi connectivity index (χ0) is 23.1. The third kappa shape index (κ3) is 5.94. The first-order valence-corrected chi connectivity index (χ1v) is 10.5. The standard InChI is InChI=1S/C28H28O4/c1-28(2,3)24-16-13-21(14-17-24)25(29)18-15-22-7-5-6-8-26(22)32-19-20-9-11-23(12-10-20)27(30)31-4/h5-18H,19H2,1-4H3. The Kier molecular flexibility index (Phi) is 7.26. The minimum absolute atomic E-state index is 0.0489. The zero-order valence-corrected chi connectivity index (χ0v) is 18.9. The van der Waals surface area contributed by atoms with Crippen molar-refractivity contribution in [2.45, 2.75) is 32.8 Å². The van der Waals surface area contributed by atoms with Crippen LogP contribution in [0, 0.1) is 0 Å². The Labute approximate surface area is 189 Å². The van der Waals surface area contributed by atoms with Gasteiger partial charge in [0.1, 0.15) is 12.4 Å². The minimum atomic E-state index is -0.370. The van der Waals surface area contributed by atoms with Crippen molar-refractivity contribution in [2.75, 3.05) is 7.11 Å². The van der Waals surface area contributed by atoms with E-state index >= 15 is 0 Å². The number of allylic oxidation sites excluding steroid dienone is 1. The van der Waals surface area contributed by atoms with Crippen molar-refractivity contribution in [1.29, 1.82) is 0 Å². The van der Waals surface area contributed by atoms with Gasteiger partial charge in [0.2, 0.25) is 0 Å². The van der Waals surface area contributed by atoms with E-state index in [1.54, 1.807) is 24.3 Å². The molecular weight excluding hydrogens is 400 g/mol. The molecule has 0 saturated carbocycles. The van der Waals surface area contributed by atoms with E-state index in [0.717, 1.165) is 11.1 Å². The highest BCUT2D eigenvalue weighted by atomic mass is 16.5.